The molecule has 1 aliphatic carbocycles. The van der Waals surface area contributed by atoms with Gasteiger partial charge in [0.15, 0.2) is 0 Å². The molecular weight excluding hydrogens is 242 g/mol. The van der Waals surface area contributed by atoms with E-state index in [1.54, 1.807) is 11.3 Å². The van der Waals surface area contributed by atoms with Crippen molar-refractivity contribution in [2.45, 2.75) is 57.6 Å². The molecule has 1 saturated carbocycles. The summed E-state index contributed by atoms with van der Waals surface area (Å²) in [7, 11) is 1.83. The summed E-state index contributed by atoms with van der Waals surface area (Å²) in [4.78, 5) is 1.36. The fraction of sp³-hybridized carbons (Fsp3) is 0.733. The highest BCUT2D eigenvalue weighted by Crippen LogP contribution is 2.43. The van der Waals surface area contributed by atoms with Crippen LogP contribution in [0.1, 0.15) is 44.4 Å². The zero-order chi connectivity index (χ0) is 13.2. The highest BCUT2D eigenvalue weighted by Gasteiger charge is 2.42. The molecule has 1 fully saturated rings. The molecule has 1 unspecified atom stereocenters. The van der Waals surface area contributed by atoms with Crippen LogP contribution in [0.5, 0.6) is 0 Å². The minimum atomic E-state index is -0.112. The molecule has 0 radical (unpaired) electrons. The lowest BCUT2D eigenvalue weighted by Crippen LogP contribution is -2.53. The largest absolute Gasteiger partial charge is 0.377 e. The van der Waals surface area contributed by atoms with Gasteiger partial charge in [-0.05, 0) is 49.0 Å². The van der Waals surface area contributed by atoms with Gasteiger partial charge < -0.3 is 10.5 Å². The van der Waals surface area contributed by atoms with Gasteiger partial charge in [0.2, 0.25) is 0 Å². The second kappa shape index (κ2) is 5.32. The van der Waals surface area contributed by atoms with Gasteiger partial charge in [-0.15, -0.1) is 11.3 Å². The lowest BCUT2D eigenvalue weighted by atomic mass is 9.68. The van der Waals surface area contributed by atoms with Crippen LogP contribution in [0.3, 0.4) is 0 Å². The molecule has 0 aliphatic heterocycles. The number of ether oxygens (including phenoxy) is 1. The van der Waals surface area contributed by atoms with Crippen LogP contribution >= 0.6 is 11.3 Å². The maximum absolute atomic E-state index is 6.46. The molecule has 0 spiro atoms. The maximum Gasteiger partial charge on any atom is 0.0832 e. The van der Waals surface area contributed by atoms with Gasteiger partial charge in [0, 0.05) is 18.0 Å². The first-order valence-electron chi connectivity index (χ1n) is 6.81. The SMILES string of the molecule is COC1(C(N)Cc2cccs2)CCC(C)(C)CC1. The molecule has 0 bridgehead atoms. The Labute approximate surface area is 115 Å². The highest BCUT2D eigenvalue weighted by molar-refractivity contribution is 7.09. The second-order valence-electron chi connectivity index (χ2n) is 6.32. The maximum atomic E-state index is 6.46. The molecule has 2 nitrogen and oxygen atoms in total. The molecule has 1 aliphatic rings. The average Bonchev–Trinajstić information content (AvgIpc) is 2.82. The van der Waals surface area contributed by atoms with Crippen molar-refractivity contribution in [3.05, 3.63) is 22.4 Å². The molecule has 1 atom stereocenters. The summed E-state index contributed by atoms with van der Waals surface area (Å²) >= 11 is 1.79. The van der Waals surface area contributed by atoms with E-state index in [1.165, 1.54) is 17.7 Å². The standard InChI is InChI=1S/C15H25NOS/c1-14(2)6-8-15(17-3,9-7-14)13(16)11-12-5-4-10-18-12/h4-5,10,13H,6-9,11,16H2,1-3H3. The van der Waals surface area contributed by atoms with E-state index in [9.17, 15) is 0 Å². The fourth-order valence-corrected chi connectivity index (χ4v) is 3.67. The minimum absolute atomic E-state index is 0.109. The van der Waals surface area contributed by atoms with Crippen molar-refractivity contribution in [2.75, 3.05) is 7.11 Å². The van der Waals surface area contributed by atoms with Gasteiger partial charge in [0.1, 0.15) is 0 Å². The van der Waals surface area contributed by atoms with Crippen LogP contribution < -0.4 is 5.73 Å². The van der Waals surface area contributed by atoms with Crippen LogP contribution in [0.25, 0.3) is 0 Å². The quantitative estimate of drug-likeness (QED) is 0.904. The Bertz CT molecular complexity index is 362. The number of thiophene rings is 1. The van der Waals surface area contributed by atoms with E-state index < -0.39 is 0 Å². The molecule has 3 heteroatoms. The van der Waals surface area contributed by atoms with Crippen molar-refractivity contribution in [3.63, 3.8) is 0 Å². The molecule has 102 valence electrons. The molecule has 2 N–H and O–H groups in total. The van der Waals surface area contributed by atoms with E-state index in [0.29, 0.717) is 5.41 Å². The predicted molar refractivity (Wildman–Crippen MR) is 78.0 cm³/mol. The normalized spacial score (nSPS) is 23.8. The summed E-state index contributed by atoms with van der Waals surface area (Å²) in [6, 6.07) is 4.37. The molecule has 1 aromatic rings. The second-order valence-corrected chi connectivity index (χ2v) is 7.36. The van der Waals surface area contributed by atoms with Gasteiger partial charge in [0.25, 0.3) is 0 Å². The molecule has 1 heterocycles. The fourth-order valence-electron chi connectivity index (χ4n) is 2.91. The van der Waals surface area contributed by atoms with Gasteiger partial charge in [-0.1, -0.05) is 19.9 Å². The van der Waals surface area contributed by atoms with Gasteiger partial charge in [0.05, 0.1) is 5.60 Å². The van der Waals surface area contributed by atoms with E-state index >= 15 is 0 Å². The monoisotopic (exact) mass is 267 g/mol. The molecule has 0 saturated heterocycles. The summed E-state index contributed by atoms with van der Waals surface area (Å²) in [5, 5.41) is 2.12. The Morgan fingerprint density at radius 1 is 1.33 bits per heavy atom. The number of rotatable bonds is 4. The van der Waals surface area contributed by atoms with Gasteiger partial charge in [-0.3, -0.25) is 0 Å². The molecule has 0 aromatic carbocycles. The van der Waals surface area contributed by atoms with Gasteiger partial charge >= 0.3 is 0 Å². The van der Waals surface area contributed by atoms with E-state index in [4.69, 9.17) is 10.5 Å². The third-order valence-electron chi connectivity index (χ3n) is 4.53. The van der Waals surface area contributed by atoms with E-state index in [-0.39, 0.29) is 11.6 Å². The molecule has 2 rings (SSSR count). The smallest absolute Gasteiger partial charge is 0.0832 e. The molecule has 1 aromatic heterocycles. The Balaban J connectivity index is 2.03. The molecule has 18 heavy (non-hydrogen) atoms. The zero-order valence-electron chi connectivity index (χ0n) is 11.7. The average molecular weight is 267 g/mol. The highest BCUT2D eigenvalue weighted by atomic mass is 32.1. The minimum Gasteiger partial charge on any atom is -0.377 e. The summed E-state index contributed by atoms with van der Waals surface area (Å²) in [5.74, 6) is 0. The summed E-state index contributed by atoms with van der Waals surface area (Å²) < 4.78 is 5.86. The first-order valence-corrected chi connectivity index (χ1v) is 7.69. The number of nitrogens with two attached hydrogens (primary N) is 1. The van der Waals surface area contributed by atoms with Crippen LogP contribution in [0.4, 0.5) is 0 Å². The van der Waals surface area contributed by atoms with Crippen LogP contribution in [0, 0.1) is 5.41 Å². The first kappa shape index (κ1) is 14.0. The predicted octanol–water partition coefficient (Wildman–Crippen LogP) is 3.60. The van der Waals surface area contributed by atoms with Crippen molar-refractivity contribution >= 4 is 11.3 Å². The Hall–Kier alpha value is -0.380. The molecular formula is C15H25NOS. The summed E-state index contributed by atoms with van der Waals surface area (Å²) in [5.41, 5.74) is 6.79. The number of methoxy groups -OCH3 is 1. The van der Waals surface area contributed by atoms with Crippen LogP contribution in [-0.4, -0.2) is 18.8 Å². The molecule has 0 amide bonds. The van der Waals surface area contributed by atoms with E-state index in [0.717, 1.165) is 19.3 Å². The van der Waals surface area contributed by atoms with Crippen LogP contribution in [0.15, 0.2) is 17.5 Å². The Morgan fingerprint density at radius 3 is 2.50 bits per heavy atom. The lowest BCUT2D eigenvalue weighted by molar-refractivity contribution is -0.0780. The number of hydrogen-bond donors (Lipinski definition) is 1. The topological polar surface area (TPSA) is 35.2 Å². The Morgan fingerprint density at radius 2 is 2.00 bits per heavy atom. The van der Waals surface area contributed by atoms with Crippen molar-refractivity contribution in [3.8, 4) is 0 Å². The van der Waals surface area contributed by atoms with Crippen molar-refractivity contribution in [1.82, 2.24) is 0 Å². The van der Waals surface area contributed by atoms with Gasteiger partial charge in [-0.2, -0.15) is 0 Å². The van der Waals surface area contributed by atoms with Crippen LogP contribution in [-0.2, 0) is 11.2 Å². The van der Waals surface area contributed by atoms with E-state index in [1.807, 2.05) is 7.11 Å². The van der Waals surface area contributed by atoms with E-state index in [2.05, 4.69) is 31.4 Å². The Kier molecular flexibility index (Phi) is 4.15. The summed E-state index contributed by atoms with van der Waals surface area (Å²) in [6.07, 6.45) is 5.52. The lowest BCUT2D eigenvalue weighted by Gasteiger charge is -2.45. The third kappa shape index (κ3) is 2.95. The number of hydrogen-bond acceptors (Lipinski definition) is 3. The first-order chi connectivity index (χ1) is 8.47. The summed E-state index contributed by atoms with van der Waals surface area (Å²) in [6.45, 7) is 4.69. The van der Waals surface area contributed by atoms with Crippen molar-refractivity contribution < 1.29 is 4.74 Å². The van der Waals surface area contributed by atoms with Crippen molar-refractivity contribution in [2.24, 2.45) is 11.1 Å². The van der Waals surface area contributed by atoms with Crippen molar-refractivity contribution in [1.29, 1.82) is 0 Å². The van der Waals surface area contributed by atoms with Crippen LogP contribution in [0.2, 0.25) is 0 Å². The third-order valence-corrected chi connectivity index (χ3v) is 5.43. The van der Waals surface area contributed by atoms with Gasteiger partial charge in [-0.25, -0.2) is 0 Å². The zero-order valence-corrected chi connectivity index (χ0v) is 12.6.